The van der Waals surface area contributed by atoms with Crippen molar-refractivity contribution in [3.63, 3.8) is 0 Å². The lowest BCUT2D eigenvalue weighted by Crippen LogP contribution is -2.22. The molecule has 6 heteroatoms. The maximum Gasteiger partial charge on any atom is 0.251 e. The number of anilines is 1. The van der Waals surface area contributed by atoms with Gasteiger partial charge in [0, 0.05) is 19.0 Å². The standard InChI is InChI=1S/C24H22N4O2/c1-15-6-8-17(9-7-15)14-25-23(30)20-5-3-4-18(12-20)19-10-11-21-22(13-19)28-24(27-21)26-16(2)29/h3-13H,14H2,1-2H3,(H,25,30)(H2,26,27,28,29). The molecule has 30 heavy (non-hydrogen) atoms. The highest BCUT2D eigenvalue weighted by atomic mass is 16.2. The quantitative estimate of drug-likeness (QED) is 0.465. The van der Waals surface area contributed by atoms with Crippen molar-refractivity contribution in [3.05, 3.63) is 83.4 Å². The summed E-state index contributed by atoms with van der Waals surface area (Å²) in [6.07, 6.45) is 0. The first kappa shape index (κ1) is 19.4. The van der Waals surface area contributed by atoms with Crippen molar-refractivity contribution in [2.24, 2.45) is 0 Å². The second-order valence-corrected chi connectivity index (χ2v) is 7.25. The Bertz CT molecular complexity index is 1230. The Morgan fingerprint density at radius 2 is 1.73 bits per heavy atom. The first-order valence-electron chi connectivity index (χ1n) is 9.69. The van der Waals surface area contributed by atoms with E-state index in [9.17, 15) is 9.59 Å². The molecule has 0 spiro atoms. The molecule has 0 saturated carbocycles. The molecule has 150 valence electrons. The van der Waals surface area contributed by atoms with E-state index in [0.29, 0.717) is 18.1 Å². The van der Waals surface area contributed by atoms with Gasteiger partial charge in [-0.3, -0.25) is 14.9 Å². The van der Waals surface area contributed by atoms with Gasteiger partial charge in [0.25, 0.3) is 5.91 Å². The minimum Gasteiger partial charge on any atom is -0.348 e. The number of hydrogen-bond acceptors (Lipinski definition) is 3. The van der Waals surface area contributed by atoms with Gasteiger partial charge >= 0.3 is 0 Å². The number of aromatic nitrogens is 2. The van der Waals surface area contributed by atoms with Gasteiger partial charge < -0.3 is 10.3 Å². The third kappa shape index (κ3) is 4.38. The van der Waals surface area contributed by atoms with E-state index in [0.717, 1.165) is 27.7 Å². The van der Waals surface area contributed by atoms with Crippen LogP contribution in [0.4, 0.5) is 5.95 Å². The van der Waals surface area contributed by atoms with Crippen molar-refractivity contribution in [2.75, 3.05) is 5.32 Å². The highest BCUT2D eigenvalue weighted by molar-refractivity contribution is 5.96. The summed E-state index contributed by atoms with van der Waals surface area (Å²) in [4.78, 5) is 31.3. The van der Waals surface area contributed by atoms with Crippen molar-refractivity contribution in [1.29, 1.82) is 0 Å². The number of fused-ring (bicyclic) bond motifs is 1. The maximum atomic E-state index is 12.6. The number of carbonyl (C=O) groups excluding carboxylic acids is 2. The molecule has 0 atom stereocenters. The average molecular weight is 398 g/mol. The summed E-state index contributed by atoms with van der Waals surface area (Å²) in [7, 11) is 0. The molecule has 0 saturated heterocycles. The van der Waals surface area contributed by atoms with Crippen LogP contribution in [-0.4, -0.2) is 21.8 Å². The van der Waals surface area contributed by atoms with Crippen molar-refractivity contribution >= 4 is 28.8 Å². The number of nitrogens with one attached hydrogen (secondary N) is 3. The largest absolute Gasteiger partial charge is 0.348 e. The lowest BCUT2D eigenvalue weighted by molar-refractivity contribution is -0.114. The number of aryl methyl sites for hydroxylation is 1. The number of aromatic amines is 1. The van der Waals surface area contributed by atoms with Gasteiger partial charge in [0.2, 0.25) is 11.9 Å². The fourth-order valence-corrected chi connectivity index (χ4v) is 3.25. The molecule has 2 amide bonds. The Labute approximate surface area is 174 Å². The SMILES string of the molecule is CC(=O)Nc1nc2ccc(-c3cccc(C(=O)NCc4ccc(C)cc4)c3)cc2[nH]1. The van der Waals surface area contributed by atoms with E-state index in [2.05, 4.69) is 20.6 Å². The van der Waals surface area contributed by atoms with Crippen molar-refractivity contribution in [2.45, 2.75) is 20.4 Å². The second kappa shape index (κ2) is 8.21. The molecular weight excluding hydrogens is 376 g/mol. The third-order valence-electron chi connectivity index (χ3n) is 4.81. The molecule has 0 unspecified atom stereocenters. The maximum absolute atomic E-state index is 12.6. The van der Waals surface area contributed by atoms with Gasteiger partial charge in [0.05, 0.1) is 11.0 Å². The van der Waals surface area contributed by atoms with Crippen LogP contribution in [0.5, 0.6) is 0 Å². The van der Waals surface area contributed by atoms with E-state index in [-0.39, 0.29) is 11.8 Å². The van der Waals surface area contributed by atoms with Gasteiger partial charge in [-0.2, -0.15) is 0 Å². The molecule has 1 aromatic heterocycles. The molecule has 0 aliphatic carbocycles. The number of benzene rings is 3. The average Bonchev–Trinajstić information content (AvgIpc) is 3.14. The van der Waals surface area contributed by atoms with Gasteiger partial charge in [-0.05, 0) is 47.9 Å². The van der Waals surface area contributed by atoms with Crippen molar-refractivity contribution in [3.8, 4) is 11.1 Å². The fourth-order valence-electron chi connectivity index (χ4n) is 3.25. The summed E-state index contributed by atoms with van der Waals surface area (Å²) < 4.78 is 0. The molecule has 3 N–H and O–H groups in total. The lowest BCUT2D eigenvalue weighted by atomic mass is 10.0. The minimum absolute atomic E-state index is 0.118. The Hall–Kier alpha value is -3.93. The van der Waals surface area contributed by atoms with Crippen LogP contribution in [-0.2, 0) is 11.3 Å². The van der Waals surface area contributed by atoms with Gasteiger partial charge in [-0.1, -0.05) is 48.0 Å². The minimum atomic E-state index is -0.182. The number of imidazole rings is 1. The van der Waals surface area contributed by atoms with Crippen molar-refractivity contribution < 1.29 is 9.59 Å². The number of amides is 2. The first-order chi connectivity index (χ1) is 14.5. The van der Waals surface area contributed by atoms with Gasteiger partial charge in [-0.25, -0.2) is 4.98 Å². The second-order valence-electron chi connectivity index (χ2n) is 7.25. The van der Waals surface area contributed by atoms with Gasteiger partial charge in [0.15, 0.2) is 0 Å². The summed E-state index contributed by atoms with van der Waals surface area (Å²) in [5.41, 5.74) is 6.30. The molecule has 0 bridgehead atoms. The Morgan fingerprint density at radius 1 is 0.967 bits per heavy atom. The van der Waals surface area contributed by atoms with Crippen LogP contribution in [0.15, 0.2) is 66.7 Å². The van der Waals surface area contributed by atoms with Gasteiger partial charge in [-0.15, -0.1) is 0 Å². The van der Waals surface area contributed by atoms with Crippen LogP contribution < -0.4 is 10.6 Å². The number of nitrogens with zero attached hydrogens (tertiary/aromatic N) is 1. The molecule has 6 nitrogen and oxygen atoms in total. The van der Waals surface area contributed by atoms with Crippen LogP contribution in [0.25, 0.3) is 22.2 Å². The lowest BCUT2D eigenvalue weighted by Gasteiger charge is -2.08. The molecule has 0 radical (unpaired) electrons. The zero-order chi connectivity index (χ0) is 21.1. The number of carbonyl (C=O) groups is 2. The predicted octanol–water partition coefficient (Wildman–Crippen LogP) is 4.43. The fraction of sp³-hybridized carbons (Fsp3) is 0.125. The Morgan fingerprint density at radius 3 is 2.50 bits per heavy atom. The highest BCUT2D eigenvalue weighted by Crippen LogP contribution is 2.25. The van der Waals surface area contributed by atoms with Crippen LogP contribution in [0, 0.1) is 6.92 Å². The smallest absolute Gasteiger partial charge is 0.251 e. The summed E-state index contributed by atoms with van der Waals surface area (Å²) in [6.45, 7) is 3.96. The van der Waals surface area contributed by atoms with Crippen molar-refractivity contribution in [1.82, 2.24) is 15.3 Å². The topological polar surface area (TPSA) is 86.9 Å². The van der Waals surface area contributed by atoms with Crippen LogP contribution in [0.2, 0.25) is 0 Å². The summed E-state index contributed by atoms with van der Waals surface area (Å²) in [6, 6.07) is 21.4. The van der Waals surface area contributed by atoms with E-state index in [1.54, 1.807) is 6.07 Å². The predicted molar refractivity (Wildman–Crippen MR) is 118 cm³/mol. The molecule has 4 aromatic rings. The Balaban J connectivity index is 1.52. The van der Waals surface area contributed by atoms with E-state index in [1.165, 1.54) is 12.5 Å². The molecule has 4 rings (SSSR count). The summed E-state index contributed by atoms with van der Waals surface area (Å²) >= 11 is 0. The van der Waals surface area contributed by atoms with Crippen LogP contribution in [0.3, 0.4) is 0 Å². The van der Waals surface area contributed by atoms with Crippen LogP contribution >= 0.6 is 0 Å². The van der Waals surface area contributed by atoms with Crippen LogP contribution in [0.1, 0.15) is 28.4 Å². The Kier molecular flexibility index (Phi) is 5.30. The molecule has 1 heterocycles. The number of H-pyrrole nitrogens is 1. The molecular formula is C24H22N4O2. The van der Waals surface area contributed by atoms with E-state index in [1.807, 2.05) is 67.6 Å². The van der Waals surface area contributed by atoms with Gasteiger partial charge in [0.1, 0.15) is 0 Å². The highest BCUT2D eigenvalue weighted by Gasteiger charge is 2.09. The first-order valence-corrected chi connectivity index (χ1v) is 9.69. The summed E-state index contributed by atoms with van der Waals surface area (Å²) in [5, 5.41) is 5.62. The molecule has 3 aromatic carbocycles. The zero-order valence-corrected chi connectivity index (χ0v) is 16.8. The zero-order valence-electron chi connectivity index (χ0n) is 16.8. The number of rotatable bonds is 5. The molecule has 0 aliphatic heterocycles. The third-order valence-corrected chi connectivity index (χ3v) is 4.81. The number of hydrogen-bond donors (Lipinski definition) is 3. The van der Waals surface area contributed by atoms with E-state index < -0.39 is 0 Å². The summed E-state index contributed by atoms with van der Waals surface area (Å²) in [5.74, 6) is 0.116. The van der Waals surface area contributed by atoms with E-state index in [4.69, 9.17) is 0 Å². The monoisotopic (exact) mass is 398 g/mol. The normalized spacial score (nSPS) is 10.7. The van der Waals surface area contributed by atoms with E-state index >= 15 is 0 Å². The molecule has 0 aliphatic rings. The molecule has 0 fully saturated rings.